The third-order valence-corrected chi connectivity index (χ3v) is 6.82. The van der Waals surface area contributed by atoms with E-state index >= 15 is 0 Å². The molecule has 2 aliphatic rings. The van der Waals surface area contributed by atoms with Gasteiger partial charge in [-0.05, 0) is 56.0 Å². The topological polar surface area (TPSA) is 40.8 Å². The summed E-state index contributed by atoms with van der Waals surface area (Å²) in [6, 6.07) is 15.3. The van der Waals surface area contributed by atoms with Gasteiger partial charge in [-0.15, -0.1) is 0 Å². The van der Waals surface area contributed by atoms with E-state index in [-0.39, 0.29) is 0 Å². The number of aryl methyl sites for hydroxylation is 2. The van der Waals surface area contributed by atoms with Crippen LogP contribution in [0.2, 0.25) is 0 Å². The highest BCUT2D eigenvalue weighted by atomic mass is 79.9. The summed E-state index contributed by atoms with van der Waals surface area (Å²) in [5.74, 6) is 0. The van der Waals surface area contributed by atoms with Gasteiger partial charge in [0.1, 0.15) is 5.71 Å². The number of hydrogen-bond acceptors (Lipinski definition) is 3. The molecule has 1 aliphatic carbocycles. The zero-order valence-electron chi connectivity index (χ0n) is 16.0. The molecule has 1 atom stereocenters. The number of fused-ring (bicyclic) bond motifs is 3. The van der Waals surface area contributed by atoms with Crippen LogP contribution in [0, 0.1) is 6.92 Å². The van der Waals surface area contributed by atoms with Gasteiger partial charge in [0.25, 0.3) is 0 Å². The Morgan fingerprint density at radius 3 is 2.79 bits per heavy atom. The fraction of sp³-hybridized carbons (Fsp3) is 0.348. The van der Waals surface area contributed by atoms with Crippen molar-refractivity contribution in [3.8, 4) is 0 Å². The Balaban J connectivity index is 1.51. The number of nitrogens with zero attached hydrogens (tertiary/aromatic N) is 3. The van der Waals surface area contributed by atoms with Gasteiger partial charge in [-0.2, -0.15) is 0 Å². The van der Waals surface area contributed by atoms with Crippen LogP contribution in [-0.4, -0.2) is 33.5 Å². The predicted molar refractivity (Wildman–Crippen MR) is 116 cm³/mol. The Morgan fingerprint density at radius 2 is 2.00 bits per heavy atom. The van der Waals surface area contributed by atoms with Gasteiger partial charge >= 0.3 is 0 Å². The molecule has 0 fully saturated rings. The number of hydrogen-bond donors (Lipinski definition) is 1. The van der Waals surface area contributed by atoms with E-state index in [1.54, 1.807) is 0 Å². The molecule has 3 aromatic rings. The molecule has 0 saturated heterocycles. The fourth-order valence-electron chi connectivity index (χ4n) is 5.00. The molecular formula is C23H24BrN3O. The Labute approximate surface area is 173 Å². The lowest BCUT2D eigenvalue weighted by atomic mass is 9.89. The quantitative estimate of drug-likeness (QED) is 0.343. The summed E-state index contributed by atoms with van der Waals surface area (Å²) >= 11 is 3.48. The molecule has 28 heavy (non-hydrogen) atoms. The van der Waals surface area contributed by atoms with Crippen molar-refractivity contribution in [2.75, 3.05) is 13.1 Å². The minimum absolute atomic E-state index is 0.400. The van der Waals surface area contributed by atoms with Crippen LogP contribution in [0.3, 0.4) is 0 Å². The lowest BCUT2D eigenvalue weighted by Gasteiger charge is -2.40. The number of halogens is 1. The monoisotopic (exact) mass is 437 g/mol. The first-order chi connectivity index (χ1) is 13.7. The molecule has 144 valence electrons. The van der Waals surface area contributed by atoms with Crippen molar-refractivity contribution >= 4 is 32.5 Å². The lowest BCUT2D eigenvalue weighted by molar-refractivity contribution is 0.161. The van der Waals surface area contributed by atoms with Crippen molar-refractivity contribution < 1.29 is 5.21 Å². The first kappa shape index (κ1) is 18.0. The highest BCUT2D eigenvalue weighted by Crippen LogP contribution is 2.42. The Bertz CT molecular complexity index is 1070. The fourth-order valence-corrected chi connectivity index (χ4v) is 5.26. The summed E-state index contributed by atoms with van der Waals surface area (Å²) < 4.78 is 3.57. The summed E-state index contributed by atoms with van der Waals surface area (Å²) in [7, 11) is 0. The summed E-state index contributed by atoms with van der Waals surface area (Å²) in [6.07, 6.45) is 3.55. The van der Waals surface area contributed by atoms with Crippen LogP contribution < -0.4 is 0 Å². The van der Waals surface area contributed by atoms with Crippen molar-refractivity contribution in [1.29, 1.82) is 0 Å². The first-order valence-electron chi connectivity index (χ1n) is 9.98. The molecule has 0 radical (unpaired) electrons. The maximum Gasteiger partial charge on any atom is 0.101 e. The van der Waals surface area contributed by atoms with E-state index in [1.807, 2.05) is 24.3 Å². The van der Waals surface area contributed by atoms with Gasteiger partial charge in [0.15, 0.2) is 0 Å². The highest BCUT2D eigenvalue weighted by Gasteiger charge is 2.35. The van der Waals surface area contributed by atoms with Crippen LogP contribution in [0.25, 0.3) is 10.9 Å². The van der Waals surface area contributed by atoms with E-state index in [2.05, 4.69) is 55.7 Å². The zero-order chi connectivity index (χ0) is 19.3. The van der Waals surface area contributed by atoms with Crippen LogP contribution >= 0.6 is 15.9 Å². The molecule has 0 spiro atoms. The van der Waals surface area contributed by atoms with Crippen molar-refractivity contribution in [2.45, 2.75) is 38.8 Å². The minimum atomic E-state index is 0.400. The number of rotatable bonds is 3. The number of benzene rings is 2. The third kappa shape index (κ3) is 2.88. The van der Waals surface area contributed by atoms with Gasteiger partial charge in [0, 0.05) is 46.3 Å². The summed E-state index contributed by atoms with van der Waals surface area (Å²) in [6.45, 7) is 4.81. The second-order valence-electron chi connectivity index (χ2n) is 7.97. The molecule has 4 nitrogen and oxygen atoms in total. The standard InChI is InChI=1S/C23H24BrN3O/c1-15-5-10-21-19(13-15)18-3-2-4-22-23(18)27(21)12-11-26(22)14-20(25-28)16-6-8-17(24)9-7-16/h5-10,13,22,28H,2-4,11-12,14H2,1H3/b25-20+/t22-/m1/s1. The van der Waals surface area contributed by atoms with Gasteiger partial charge in [-0.1, -0.05) is 44.8 Å². The van der Waals surface area contributed by atoms with Gasteiger partial charge in [0.05, 0.1) is 6.04 Å². The molecule has 5 heteroatoms. The van der Waals surface area contributed by atoms with E-state index in [0.717, 1.165) is 28.8 Å². The van der Waals surface area contributed by atoms with Gasteiger partial charge in [-0.3, -0.25) is 4.90 Å². The molecule has 2 aromatic carbocycles. The maximum absolute atomic E-state index is 9.69. The molecule has 0 unspecified atom stereocenters. The smallest absolute Gasteiger partial charge is 0.101 e. The lowest BCUT2D eigenvalue weighted by Crippen LogP contribution is -2.42. The van der Waals surface area contributed by atoms with Crippen molar-refractivity contribution in [3.05, 3.63) is 69.3 Å². The summed E-state index contributed by atoms with van der Waals surface area (Å²) in [4.78, 5) is 2.50. The average Bonchev–Trinajstić information content (AvgIpc) is 3.03. The van der Waals surface area contributed by atoms with E-state index < -0.39 is 0 Å². The summed E-state index contributed by atoms with van der Waals surface area (Å²) in [5, 5.41) is 14.8. The first-order valence-corrected chi connectivity index (χ1v) is 10.8. The van der Waals surface area contributed by atoms with E-state index in [1.165, 1.54) is 47.0 Å². The van der Waals surface area contributed by atoms with Crippen molar-refractivity contribution in [3.63, 3.8) is 0 Å². The van der Waals surface area contributed by atoms with E-state index in [4.69, 9.17) is 0 Å². The Hall–Kier alpha value is -2.11. The minimum Gasteiger partial charge on any atom is -0.411 e. The third-order valence-electron chi connectivity index (χ3n) is 6.29. The zero-order valence-corrected chi connectivity index (χ0v) is 17.6. The predicted octanol–water partition coefficient (Wildman–Crippen LogP) is 5.28. The molecule has 2 heterocycles. The van der Waals surface area contributed by atoms with E-state index in [0.29, 0.717) is 12.6 Å². The molecule has 5 rings (SSSR count). The highest BCUT2D eigenvalue weighted by molar-refractivity contribution is 9.10. The second-order valence-corrected chi connectivity index (χ2v) is 8.88. The number of aromatic nitrogens is 1. The second kappa shape index (κ2) is 7.05. The van der Waals surface area contributed by atoms with Crippen LogP contribution in [-0.2, 0) is 13.0 Å². The average molecular weight is 438 g/mol. The Kier molecular flexibility index (Phi) is 4.52. The molecule has 0 bridgehead atoms. The van der Waals surface area contributed by atoms with Gasteiger partial charge < -0.3 is 9.77 Å². The molecule has 1 aromatic heterocycles. The molecule has 1 N–H and O–H groups in total. The van der Waals surface area contributed by atoms with Crippen LogP contribution in [0.1, 0.15) is 41.3 Å². The van der Waals surface area contributed by atoms with Crippen molar-refractivity contribution in [2.24, 2.45) is 5.16 Å². The van der Waals surface area contributed by atoms with Crippen molar-refractivity contribution in [1.82, 2.24) is 9.47 Å². The largest absolute Gasteiger partial charge is 0.411 e. The molecule has 1 aliphatic heterocycles. The van der Waals surface area contributed by atoms with Gasteiger partial charge in [-0.25, -0.2) is 0 Å². The summed E-state index contributed by atoms with van der Waals surface area (Å²) in [5.41, 5.74) is 7.45. The Morgan fingerprint density at radius 1 is 1.18 bits per heavy atom. The van der Waals surface area contributed by atoms with Crippen LogP contribution in [0.4, 0.5) is 0 Å². The van der Waals surface area contributed by atoms with Gasteiger partial charge in [0.2, 0.25) is 0 Å². The van der Waals surface area contributed by atoms with E-state index in [9.17, 15) is 5.21 Å². The van der Waals surface area contributed by atoms with Crippen LogP contribution in [0.15, 0.2) is 52.1 Å². The number of oxime groups is 1. The molecule has 0 saturated carbocycles. The normalized spacial score (nSPS) is 19.8. The SMILES string of the molecule is Cc1ccc2c(c1)c1c3n2CCN(C/C(=N\O)c2ccc(Br)cc2)[C@@H]3CCC1. The molecular weight excluding hydrogens is 414 g/mol. The maximum atomic E-state index is 9.69. The molecule has 0 amide bonds. The van der Waals surface area contributed by atoms with Crippen LogP contribution in [0.5, 0.6) is 0 Å².